The van der Waals surface area contributed by atoms with Crippen LogP contribution < -0.4 is 0 Å². The van der Waals surface area contributed by atoms with Gasteiger partial charge in [0, 0.05) is 0 Å². The number of hydrogen-bond acceptors (Lipinski definition) is 0. The van der Waals surface area contributed by atoms with E-state index in [0.717, 1.165) is 0 Å². The van der Waals surface area contributed by atoms with E-state index in [1.165, 1.54) is 30.2 Å². The Morgan fingerprint density at radius 2 is 2.00 bits per heavy atom. The molecule has 65 valence electrons. The summed E-state index contributed by atoms with van der Waals surface area (Å²) in [6.45, 7) is 4.76. The molecule has 0 aliphatic carbocycles. The molecule has 1 saturated heterocycles. The molecule has 0 bridgehead atoms. The summed E-state index contributed by atoms with van der Waals surface area (Å²) in [5.41, 5.74) is 1.49. The van der Waals surface area contributed by atoms with Crippen LogP contribution >= 0.6 is 11.1 Å². The largest absolute Gasteiger partial charge is 0.169 e. The highest BCUT2D eigenvalue weighted by molar-refractivity contribution is 7.13. The van der Waals surface area contributed by atoms with E-state index >= 15 is 0 Å². The van der Waals surface area contributed by atoms with E-state index in [0.29, 0.717) is 0 Å². The zero-order valence-corrected chi connectivity index (χ0v) is 10.4. The van der Waals surface area contributed by atoms with E-state index in [2.05, 4.69) is 13.8 Å². The fraction of sp³-hybridized carbons (Fsp3) is 1.00. The molecule has 1 aliphatic heterocycles. The van der Waals surface area contributed by atoms with Gasteiger partial charge in [-0.3, -0.25) is 0 Å². The van der Waals surface area contributed by atoms with Crippen LogP contribution in [0.3, 0.4) is 0 Å². The molecule has 1 rings (SSSR count). The lowest BCUT2D eigenvalue weighted by Crippen LogP contribution is -2.39. The Kier molecular flexibility index (Phi) is 3.66. The fourth-order valence-electron chi connectivity index (χ4n) is 2.09. The van der Waals surface area contributed by atoms with Crippen LogP contribution in [0.5, 0.6) is 0 Å². The predicted octanol–water partition coefficient (Wildman–Crippen LogP) is 3.65. The van der Waals surface area contributed by atoms with Gasteiger partial charge in [0.05, 0.1) is 8.07 Å². The molecule has 1 aliphatic rings. The first kappa shape index (κ1) is 9.81. The van der Waals surface area contributed by atoms with Gasteiger partial charge < -0.3 is 0 Å². The minimum atomic E-state index is -0.780. The maximum Gasteiger partial charge on any atom is 0.162 e. The quantitative estimate of drug-likeness (QED) is 0.477. The molecule has 0 spiro atoms. The fourth-order valence-corrected chi connectivity index (χ4v) is 14.8. The maximum absolute atomic E-state index is 6.30. The number of rotatable bonds is 2. The molecule has 0 aromatic carbocycles. The summed E-state index contributed by atoms with van der Waals surface area (Å²) in [6.07, 6.45) is 1.45. The van der Waals surface area contributed by atoms with Crippen molar-refractivity contribution in [3.8, 4) is 0 Å². The van der Waals surface area contributed by atoms with Crippen molar-refractivity contribution < 1.29 is 0 Å². The normalized spacial score (nSPS) is 25.4. The first-order valence-corrected chi connectivity index (χ1v) is 10.5. The van der Waals surface area contributed by atoms with E-state index in [1.807, 2.05) is 0 Å². The molecule has 3 heteroatoms. The van der Waals surface area contributed by atoms with Crippen molar-refractivity contribution in [1.82, 2.24) is 0 Å². The van der Waals surface area contributed by atoms with Gasteiger partial charge in [-0.25, -0.2) is 0 Å². The lowest BCUT2D eigenvalue weighted by atomic mass is 10.6. The molecular weight excluding hydrogens is 188 g/mol. The van der Waals surface area contributed by atoms with Gasteiger partial charge in [0.15, 0.2) is 8.11 Å². The van der Waals surface area contributed by atoms with Crippen molar-refractivity contribution in [1.29, 1.82) is 0 Å². The van der Waals surface area contributed by atoms with Crippen molar-refractivity contribution >= 4 is 27.3 Å². The highest BCUT2D eigenvalue weighted by atomic mass is 35.6. The monoisotopic (exact) mass is 205 g/mol. The molecule has 0 nitrogen and oxygen atoms in total. The highest BCUT2D eigenvalue weighted by Gasteiger charge is 2.35. The average Bonchev–Trinajstić information content (AvgIpc) is 2.04. The van der Waals surface area contributed by atoms with E-state index in [-0.39, 0.29) is 8.11 Å². The van der Waals surface area contributed by atoms with E-state index < -0.39 is 8.07 Å². The molecule has 1 heterocycles. The van der Waals surface area contributed by atoms with Crippen LogP contribution in [-0.2, 0) is 0 Å². The number of hydrogen-bond donors (Lipinski definition) is 0. The second-order valence-corrected chi connectivity index (χ2v) is 13.2. The molecule has 11 heavy (non-hydrogen) atoms. The molecule has 0 unspecified atom stereocenters. The summed E-state index contributed by atoms with van der Waals surface area (Å²) in [6, 6.07) is 5.90. The zero-order valence-electron chi connectivity index (χ0n) is 7.62. The second-order valence-electron chi connectivity index (χ2n) is 3.75. The molecule has 0 aromatic rings. The Labute approximate surface area is 77.7 Å². The van der Waals surface area contributed by atoms with E-state index in [9.17, 15) is 0 Å². The molecule has 1 radical (unpaired) electrons. The van der Waals surface area contributed by atoms with Crippen LogP contribution in [0.2, 0.25) is 29.8 Å². The summed E-state index contributed by atoms with van der Waals surface area (Å²) in [5, 5.41) is 0. The van der Waals surface area contributed by atoms with Crippen LogP contribution in [0.25, 0.3) is 0 Å². The maximum atomic E-state index is 6.30. The summed E-state index contributed by atoms with van der Waals surface area (Å²) >= 11 is 6.30. The van der Waals surface area contributed by atoms with E-state index in [4.69, 9.17) is 11.1 Å². The van der Waals surface area contributed by atoms with Gasteiger partial charge in [-0.05, 0) is 11.7 Å². The van der Waals surface area contributed by atoms with Crippen LogP contribution in [0.1, 0.15) is 20.3 Å². The van der Waals surface area contributed by atoms with Crippen LogP contribution in [0.4, 0.5) is 0 Å². The van der Waals surface area contributed by atoms with Crippen molar-refractivity contribution in [2.45, 2.75) is 50.1 Å². The van der Waals surface area contributed by atoms with Crippen molar-refractivity contribution in [2.24, 2.45) is 0 Å². The lowest BCUT2D eigenvalue weighted by molar-refractivity contribution is 0.969. The van der Waals surface area contributed by atoms with Crippen LogP contribution in [0.15, 0.2) is 0 Å². The Bertz CT molecular complexity index is 123. The molecule has 0 amide bonds. The zero-order chi connectivity index (χ0) is 8.32. The van der Waals surface area contributed by atoms with Crippen molar-refractivity contribution in [3.63, 3.8) is 0 Å². The number of halogens is 1. The Balaban J connectivity index is 2.52. The Morgan fingerprint density at radius 1 is 1.36 bits per heavy atom. The smallest absolute Gasteiger partial charge is 0.162 e. The molecular formula is C8H18ClSi2. The van der Waals surface area contributed by atoms with Gasteiger partial charge in [0.2, 0.25) is 0 Å². The summed E-state index contributed by atoms with van der Waals surface area (Å²) < 4.78 is 0. The Morgan fingerprint density at radius 3 is 2.36 bits per heavy atom. The average molecular weight is 206 g/mol. The minimum Gasteiger partial charge on any atom is -0.169 e. The van der Waals surface area contributed by atoms with Gasteiger partial charge >= 0.3 is 0 Å². The summed E-state index contributed by atoms with van der Waals surface area (Å²) in [4.78, 5) is 0. The Hall–Kier alpha value is 0.724. The molecule has 1 fully saturated rings. The SMILES string of the molecule is CC[Si]1(CC)CCC[Si](Cl)C1. The molecule has 0 atom stereocenters. The van der Waals surface area contributed by atoms with Gasteiger partial charge in [-0.1, -0.05) is 38.4 Å². The first-order valence-electron chi connectivity index (χ1n) is 4.72. The van der Waals surface area contributed by atoms with E-state index in [1.54, 1.807) is 6.04 Å². The summed E-state index contributed by atoms with van der Waals surface area (Å²) in [5.74, 6) is 0. The van der Waals surface area contributed by atoms with Crippen molar-refractivity contribution in [3.05, 3.63) is 0 Å². The first-order chi connectivity index (χ1) is 5.22. The van der Waals surface area contributed by atoms with Crippen LogP contribution in [0, 0.1) is 0 Å². The van der Waals surface area contributed by atoms with Gasteiger partial charge in [0.25, 0.3) is 0 Å². The molecule has 0 N–H and O–H groups in total. The van der Waals surface area contributed by atoms with Crippen molar-refractivity contribution in [2.75, 3.05) is 0 Å². The minimum absolute atomic E-state index is 0.389. The molecule has 0 aromatic heterocycles. The van der Waals surface area contributed by atoms with Crippen LogP contribution in [-0.4, -0.2) is 16.2 Å². The standard InChI is InChI=1S/C8H18ClSi2/c1-3-11(4-2)7-5-6-10(9)8-11/h3-8H2,1-2H3. The third-order valence-corrected chi connectivity index (χ3v) is 14.8. The van der Waals surface area contributed by atoms with Gasteiger partial charge in [-0.2, -0.15) is 11.1 Å². The predicted molar refractivity (Wildman–Crippen MR) is 57.4 cm³/mol. The third-order valence-electron chi connectivity index (χ3n) is 3.22. The third kappa shape index (κ3) is 2.33. The summed E-state index contributed by atoms with van der Waals surface area (Å²) in [7, 11) is -1.17. The topological polar surface area (TPSA) is 0 Å². The second kappa shape index (κ2) is 4.10. The molecule has 0 saturated carbocycles. The highest BCUT2D eigenvalue weighted by Crippen LogP contribution is 2.35. The lowest BCUT2D eigenvalue weighted by Gasteiger charge is -2.35. The van der Waals surface area contributed by atoms with Gasteiger partial charge in [0.1, 0.15) is 0 Å². The van der Waals surface area contributed by atoms with Gasteiger partial charge in [-0.15, -0.1) is 0 Å².